The molecule has 14 heavy (non-hydrogen) atoms. The molecule has 0 bridgehead atoms. The molecule has 0 aliphatic heterocycles. The fraction of sp³-hybridized carbons (Fsp3) is 0.222. The van der Waals surface area contributed by atoms with E-state index < -0.39 is 5.97 Å². The minimum Gasteiger partial charge on any atom is -0.480 e. The van der Waals surface area contributed by atoms with Gasteiger partial charge < -0.3 is 9.47 Å². The van der Waals surface area contributed by atoms with Gasteiger partial charge in [-0.1, -0.05) is 0 Å². The van der Waals surface area contributed by atoms with Crippen LogP contribution in [-0.4, -0.2) is 31.5 Å². The summed E-state index contributed by atoms with van der Waals surface area (Å²) in [7, 11) is 2.65. The van der Waals surface area contributed by atoms with Crippen LogP contribution in [0, 0.1) is 0 Å². The van der Waals surface area contributed by atoms with E-state index in [1.807, 2.05) is 0 Å². The Bertz CT molecular complexity index is 362. The molecular formula is C9H9NO4. The van der Waals surface area contributed by atoms with Crippen molar-refractivity contribution >= 4 is 12.3 Å². The first-order chi connectivity index (χ1) is 6.72. The molecule has 1 aromatic rings. The Morgan fingerprint density at radius 3 is 2.71 bits per heavy atom. The molecule has 0 amide bonds. The molecule has 5 nitrogen and oxygen atoms in total. The molecule has 0 atom stereocenters. The quantitative estimate of drug-likeness (QED) is 0.524. The molecule has 5 heteroatoms. The molecule has 0 saturated heterocycles. The predicted molar refractivity (Wildman–Crippen MR) is 47.5 cm³/mol. The maximum Gasteiger partial charge on any atom is 0.339 e. The smallest absolute Gasteiger partial charge is 0.339 e. The Morgan fingerprint density at radius 1 is 1.50 bits per heavy atom. The summed E-state index contributed by atoms with van der Waals surface area (Å²) in [6, 6.07) is 1.37. The average molecular weight is 195 g/mol. The highest BCUT2D eigenvalue weighted by molar-refractivity contribution is 5.91. The average Bonchev–Trinajstić information content (AvgIpc) is 2.26. The molecule has 0 aromatic carbocycles. The lowest BCUT2D eigenvalue weighted by molar-refractivity contribution is 0.0600. The van der Waals surface area contributed by atoms with Crippen LogP contribution < -0.4 is 4.74 Å². The lowest BCUT2D eigenvalue weighted by Crippen LogP contribution is -2.04. The molecular weight excluding hydrogens is 186 g/mol. The number of rotatable bonds is 3. The molecule has 0 aliphatic rings. The maximum atomic E-state index is 11.1. The van der Waals surface area contributed by atoms with E-state index in [0.717, 1.165) is 0 Å². The van der Waals surface area contributed by atoms with Gasteiger partial charge in [0.25, 0.3) is 0 Å². The number of aldehydes is 1. The van der Waals surface area contributed by atoms with E-state index in [0.29, 0.717) is 6.29 Å². The highest BCUT2D eigenvalue weighted by atomic mass is 16.5. The lowest BCUT2D eigenvalue weighted by atomic mass is 10.2. The predicted octanol–water partition coefficient (Wildman–Crippen LogP) is 0.689. The number of hydrogen-bond donors (Lipinski definition) is 0. The van der Waals surface area contributed by atoms with E-state index in [4.69, 9.17) is 4.74 Å². The number of carbonyl (C=O) groups excluding carboxylic acids is 2. The Hall–Kier alpha value is -1.91. The minimum atomic E-state index is -0.539. The van der Waals surface area contributed by atoms with E-state index >= 15 is 0 Å². The number of nitrogens with zero attached hydrogens (tertiary/aromatic N) is 1. The van der Waals surface area contributed by atoms with Gasteiger partial charge in [0, 0.05) is 6.20 Å². The number of esters is 1. The van der Waals surface area contributed by atoms with E-state index in [1.165, 1.54) is 26.5 Å². The normalized spacial score (nSPS) is 9.29. The molecule has 0 fully saturated rings. The number of aromatic nitrogens is 1. The van der Waals surface area contributed by atoms with E-state index in [-0.39, 0.29) is 17.0 Å². The van der Waals surface area contributed by atoms with Gasteiger partial charge in [0.05, 0.1) is 25.3 Å². The summed E-state index contributed by atoms with van der Waals surface area (Å²) in [5.41, 5.74) is 0.436. The molecule has 0 saturated carbocycles. The second-order valence-corrected chi connectivity index (χ2v) is 2.43. The van der Waals surface area contributed by atoms with Crippen LogP contribution >= 0.6 is 0 Å². The van der Waals surface area contributed by atoms with Gasteiger partial charge in [0.1, 0.15) is 0 Å². The second-order valence-electron chi connectivity index (χ2n) is 2.43. The van der Waals surface area contributed by atoms with Gasteiger partial charge in [-0.05, 0) is 6.07 Å². The molecule has 0 N–H and O–H groups in total. The Kier molecular flexibility index (Phi) is 3.17. The fourth-order valence-electron chi connectivity index (χ4n) is 0.954. The zero-order valence-corrected chi connectivity index (χ0v) is 7.81. The zero-order chi connectivity index (χ0) is 10.6. The molecule has 0 aliphatic carbocycles. The third-order valence-electron chi connectivity index (χ3n) is 1.62. The standard InChI is InChI=1S/C9H9NO4/c1-13-8-7(5-11)3-6(4-10-8)9(12)14-2/h3-5H,1-2H3. The minimum absolute atomic E-state index is 0.188. The summed E-state index contributed by atoms with van der Waals surface area (Å²) >= 11 is 0. The van der Waals surface area contributed by atoms with Crippen molar-refractivity contribution in [2.75, 3.05) is 14.2 Å². The van der Waals surface area contributed by atoms with E-state index in [1.54, 1.807) is 0 Å². The number of hydrogen-bond acceptors (Lipinski definition) is 5. The van der Waals surface area contributed by atoms with Crippen LogP contribution in [0.1, 0.15) is 20.7 Å². The van der Waals surface area contributed by atoms with Crippen LogP contribution in [0.2, 0.25) is 0 Å². The van der Waals surface area contributed by atoms with Crippen molar-refractivity contribution in [2.45, 2.75) is 0 Å². The Balaban J connectivity index is 3.13. The van der Waals surface area contributed by atoms with Crippen LogP contribution in [0.15, 0.2) is 12.3 Å². The molecule has 1 heterocycles. The molecule has 74 valence electrons. The van der Waals surface area contributed by atoms with Crippen molar-refractivity contribution < 1.29 is 19.1 Å². The van der Waals surface area contributed by atoms with Crippen LogP contribution in [0.25, 0.3) is 0 Å². The number of pyridine rings is 1. The topological polar surface area (TPSA) is 65.5 Å². The van der Waals surface area contributed by atoms with Crippen LogP contribution in [0.3, 0.4) is 0 Å². The van der Waals surface area contributed by atoms with Crippen LogP contribution in [-0.2, 0) is 4.74 Å². The van der Waals surface area contributed by atoms with Gasteiger partial charge in [0.15, 0.2) is 6.29 Å². The Labute approximate surface area is 80.7 Å². The summed E-state index contributed by atoms with van der Waals surface area (Å²) in [5.74, 6) is -0.351. The summed E-state index contributed by atoms with van der Waals surface area (Å²) in [5, 5.41) is 0. The summed E-state index contributed by atoms with van der Waals surface area (Å²) < 4.78 is 9.28. The molecule has 1 aromatic heterocycles. The van der Waals surface area contributed by atoms with Gasteiger partial charge in [-0.15, -0.1) is 0 Å². The van der Waals surface area contributed by atoms with Crippen LogP contribution in [0.4, 0.5) is 0 Å². The first kappa shape index (κ1) is 10.2. The summed E-state index contributed by atoms with van der Waals surface area (Å²) in [6.07, 6.45) is 1.86. The Morgan fingerprint density at radius 2 is 2.21 bits per heavy atom. The van der Waals surface area contributed by atoms with Crippen molar-refractivity contribution in [3.8, 4) is 5.88 Å². The highest BCUT2D eigenvalue weighted by Crippen LogP contribution is 2.14. The maximum absolute atomic E-state index is 11.1. The van der Waals surface area contributed by atoms with E-state index in [2.05, 4.69) is 9.72 Å². The van der Waals surface area contributed by atoms with Gasteiger partial charge >= 0.3 is 5.97 Å². The van der Waals surface area contributed by atoms with Gasteiger partial charge in [-0.2, -0.15) is 0 Å². The van der Waals surface area contributed by atoms with E-state index in [9.17, 15) is 9.59 Å². The van der Waals surface area contributed by atoms with Gasteiger partial charge in [-0.25, -0.2) is 9.78 Å². The lowest BCUT2D eigenvalue weighted by Gasteiger charge is -2.03. The van der Waals surface area contributed by atoms with Gasteiger partial charge in [0.2, 0.25) is 5.88 Å². The number of ether oxygens (including phenoxy) is 2. The molecule has 0 unspecified atom stereocenters. The third-order valence-corrected chi connectivity index (χ3v) is 1.62. The first-order valence-electron chi connectivity index (χ1n) is 3.80. The largest absolute Gasteiger partial charge is 0.480 e. The molecule has 1 rings (SSSR count). The summed E-state index contributed by atoms with van der Waals surface area (Å²) in [4.78, 5) is 25.4. The monoisotopic (exact) mass is 195 g/mol. The highest BCUT2D eigenvalue weighted by Gasteiger charge is 2.10. The van der Waals surface area contributed by atoms with Crippen molar-refractivity contribution in [3.63, 3.8) is 0 Å². The van der Waals surface area contributed by atoms with Crippen LogP contribution in [0.5, 0.6) is 5.88 Å². The molecule has 0 spiro atoms. The fourth-order valence-corrected chi connectivity index (χ4v) is 0.954. The van der Waals surface area contributed by atoms with Crippen molar-refractivity contribution in [1.82, 2.24) is 4.98 Å². The van der Waals surface area contributed by atoms with Crippen molar-refractivity contribution in [1.29, 1.82) is 0 Å². The van der Waals surface area contributed by atoms with Crippen molar-refractivity contribution in [2.24, 2.45) is 0 Å². The molecule has 0 radical (unpaired) electrons. The number of carbonyl (C=O) groups is 2. The second kappa shape index (κ2) is 4.36. The SMILES string of the molecule is COC(=O)c1cnc(OC)c(C=O)c1. The summed E-state index contributed by atoms with van der Waals surface area (Å²) in [6.45, 7) is 0. The van der Waals surface area contributed by atoms with Gasteiger partial charge in [-0.3, -0.25) is 4.79 Å². The van der Waals surface area contributed by atoms with Crippen molar-refractivity contribution in [3.05, 3.63) is 23.4 Å². The first-order valence-corrected chi connectivity index (χ1v) is 3.80. The number of methoxy groups -OCH3 is 2. The third kappa shape index (κ3) is 1.87. The zero-order valence-electron chi connectivity index (χ0n) is 7.81.